The summed E-state index contributed by atoms with van der Waals surface area (Å²) in [6, 6.07) is 8.13. The largest absolute Gasteiger partial charge is 0.467 e. The molecule has 0 fully saturated rings. The van der Waals surface area contributed by atoms with Crippen molar-refractivity contribution in [3.63, 3.8) is 0 Å². The first-order valence-electron chi connectivity index (χ1n) is 5.97. The van der Waals surface area contributed by atoms with E-state index in [1.165, 1.54) is 23.1 Å². The van der Waals surface area contributed by atoms with Crippen molar-refractivity contribution in [1.29, 1.82) is 0 Å². The molecule has 3 nitrogen and oxygen atoms in total. The standard InChI is InChI=1S/C15H13BrFNO2/c1-18(10-13-3-2-8-20-13)15(19)7-4-11-9-12(16)5-6-14(11)17/h2-9H,10H2,1H3/b7-4+. The summed E-state index contributed by atoms with van der Waals surface area (Å²) in [6.07, 6.45) is 4.36. The molecule has 1 heterocycles. The number of furan rings is 1. The quantitative estimate of drug-likeness (QED) is 0.794. The Morgan fingerprint density at radius 1 is 1.45 bits per heavy atom. The van der Waals surface area contributed by atoms with E-state index in [0.717, 1.165) is 4.47 Å². The van der Waals surface area contributed by atoms with Crippen LogP contribution in [-0.4, -0.2) is 17.9 Å². The normalized spacial score (nSPS) is 10.9. The number of hydrogen-bond donors (Lipinski definition) is 0. The summed E-state index contributed by atoms with van der Waals surface area (Å²) in [6.45, 7) is 0.372. The number of hydrogen-bond acceptors (Lipinski definition) is 2. The van der Waals surface area contributed by atoms with Crippen LogP contribution in [0, 0.1) is 5.82 Å². The highest BCUT2D eigenvalue weighted by Gasteiger charge is 2.08. The van der Waals surface area contributed by atoms with Crippen molar-refractivity contribution in [3.05, 3.63) is 64.3 Å². The third-order valence-electron chi connectivity index (χ3n) is 2.71. The van der Waals surface area contributed by atoms with Crippen LogP contribution in [0.25, 0.3) is 6.08 Å². The Hall–Kier alpha value is -1.88. The summed E-state index contributed by atoms with van der Waals surface area (Å²) in [5, 5.41) is 0. The smallest absolute Gasteiger partial charge is 0.246 e. The maximum Gasteiger partial charge on any atom is 0.246 e. The van der Waals surface area contributed by atoms with E-state index in [2.05, 4.69) is 15.9 Å². The molecule has 1 amide bonds. The molecule has 0 bridgehead atoms. The number of rotatable bonds is 4. The minimum atomic E-state index is -0.370. The lowest BCUT2D eigenvalue weighted by atomic mass is 10.2. The maximum absolute atomic E-state index is 13.5. The Kier molecular flexibility index (Phi) is 4.74. The molecule has 2 rings (SSSR count). The van der Waals surface area contributed by atoms with Gasteiger partial charge >= 0.3 is 0 Å². The van der Waals surface area contributed by atoms with Crippen LogP contribution in [0.15, 0.2) is 51.6 Å². The molecule has 104 valence electrons. The van der Waals surface area contributed by atoms with Crippen LogP contribution in [0.5, 0.6) is 0 Å². The van der Waals surface area contributed by atoms with Gasteiger partial charge in [-0.1, -0.05) is 15.9 Å². The summed E-state index contributed by atoms with van der Waals surface area (Å²) < 4.78 is 19.4. The van der Waals surface area contributed by atoms with E-state index >= 15 is 0 Å². The molecule has 0 unspecified atom stereocenters. The Bertz CT molecular complexity index is 623. The fourth-order valence-corrected chi connectivity index (χ4v) is 2.02. The van der Waals surface area contributed by atoms with Crippen molar-refractivity contribution in [1.82, 2.24) is 4.90 Å². The summed E-state index contributed by atoms with van der Waals surface area (Å²) >= 11 is 3.26. The highest BCUT2D eigenvalue weighted by molar-refractivity contribution is 9.10. The zero-order valence-corrected chi connectivity index (χ0v) is 12.4. The predicted molar refractivity (Wildman–Crippen MR) is 78.3 cm³/mol. The highest BCUT2D eigenvalue weighted by atomic mass is 79.9. The van der Waals surface area contributed by atoms with Gasteiger partial charge in [0.15, 0.2) is 0 Å². The number of amides is 1. The second kappa shape index (κ2) is 6.52. The number of carbonyl (C=O) groups is 1. The van der Waals surface area contributed by atoms with E-state index in [0.29, 0.717) is 17.9 Å². The molecule has 0 aliphatic carbocycles. The summed E-state index contributed by atoms with van der Waals surface area (Å²) in [5.41, 5.74) is 0.360. The highest BCUT2D eigenvalue weighted by Crippen LogP contribution is 2.17. The van der Waals surface area contributed by atoms with Crippen molar-refractivity contribution in [2.24, 2.45) is 0 Å². The summed E-state index contributed by atoms with van der Waals surface area (Å²) in [5.74, 6) is 0.106. The van der Waals surface area contributed by atoms with Crippen LogP contribution in [0.4, 0.5) is 4.39 Å². The minimum absolute atomic E-state index is 0.222. The van der Waals surface area contributed by atoms with Crippen molar-refractivity contribution < 1.29 is 13.6 Å². The first-order chi connectivity index (χ1) is 9.56. The molecule has 0 aliphatic rings. The molecule has 0 saturated carbocycles. The average Bonchev–Trinajstić information content (AvgIpc) is 2.92. The van der Waals surface area contributed by atoms with Gasteiger partial charge in [0.05, 0.1) is 12.8 Å². The second-order valence-corrected chi connectivity index (χ2v) is 5.19. The van der Waals surface area contributed by atoms with Crippen LogP contribution < -0.4 is 0 Å². The average molecular weight is 338 g/mol. The van der Waals surface area contributed by atoms with E-state index in [9.17, 15) is 9.18 Å². The van der Waals surface area contributed by atoms with Gasteiger partial charge in [0.25, 0.3) is 0 Å². The topological polar surface area (TPSA) is 33.5 Å². The van der Waals surface area contributed by atoms with Crippen LogP contribution in [0.3, 0.4) is 0 Å². The van der Waals surface area contributed by atoms with Gasteiger partial charge in [-0.2, -0.15) is 0 Å². The van der Waals surface area contributed by atoms with E-state index in [4.69, 9.17) is 4.42 Å². The molecule has 2 aromatic rings. The Balaban J connectivity index is 2.03. The van der Waals surface area contributed by atoms with Gasteiger partial charge in [-0.25, -0.2) is 4.39 Å². The number of likely N-dealkylation sites (N-methyl/N-ethyl adjacent to an activating group) is 1. The van der Waals surface area contributed by atoms with Crippen molar-refractivity contribution in [2.45, 2.75) is 6.54 Å². The van der Waals surface area contributed by atoms with Gasteiger partial charge in [-0.3, -0.25) is 4.79 Å². The van der Waals surface area contributed by atoms with Crippen LogP contribution >= 0.6 is 15.9 Å². The zero-order valence-electron chi connectivity index (χ0n) is 10.8. The molecule has 20 heavy (non-hydrogen) atoms. The van der Waals surface area contributed by atoms with E-state index < -0.39 is 0 Å². The fraction of sp³-hybridized carbons (Fsp3) is 0.133. The summed E-state index contributed by atoms with van der Waals surface area (Å²) in [7, 11) is 1.66. The Morgan fingerprint density at radius 2 is 2.25 bits per heavy atom. The zero-order chi connectivity index (χ0) is 14.5. The first kappa shape index (κ1) is 14.5. The van der Waals surface area contributed by atoms with Crippen molar-refractivity contribution >= 4 is 27.9 Å². The molecule has 1 aromatic carbocycles. The predicted octanol–water partition coefficient (Wildman–Crippen LogP) is 3.85. The van der Waals surface area contributed by atoms with Gasteiger partial charge in [-0.15, -0.1) is 0 Å². The van der Waals surface area contributed by atoms with Gasteiger partial charge in [-0.05, 0) is 36.4 Å². The third-order valence-corrected chi connectivity index (χ3v) is 3.21. The summed E-state index contributed by atoms with van der Waals surface area (Å²) in [4.78, 5) is 13.4. The number of nitrogens with zero attached hydrogens (tertiary/aromatic N) is 1. The van der Waals surface area contributed by atoms with Crippen LogP contribution in [-0.2, 0) is 11.3 Å². The molecule has 5 heteroatoms. The van der Waals surface area contributed by atoms with Gasteiger partial charge in [0.1, 0.15) is 11.6 Å². The lowest BCUT2D eigenvalue weighted by Gasteiger charge is -2.12. The fourth-order valence-electron chi connectivity index (χ4n) is 1.64. The number of carbonyl (C=O) groups excluding carboxylic acids is 1. The van der Waals surface area contributed by atoms with Gasteiger partial charge < -0.3 is 9.32 Å². The molecular weight excluding hydrogens is 325 g/mol. The minimum Gasteiger partial charge on any atom is -0.467 e. The second-order valence-electron chi connectivity index (χ2n) is 4.27. The van der Waals surface area contributed by atoms with Gasteiger partial charge in [0.2, 0.25) is 5.91 Å². The number of benzene rings is 1. The molecule has 0 aliphatic heterocycles. The van der Waals surface area contributed by atoms with Crippen LogP contribution in [0.1, 0.15) is 11.3 Å². The van der Waals surface area contributed by atoms with E-state index in [1.54, 1.807) is 37.6 Å². The van der Waals surface area contributed by atoms with Crippen molar-refractivity contribution in [2.75, 3.05) is 7.05 Å². The van der Waals surface area contributed by atoms with Gasteiger partial charge in [0, 0.05) is 23.2 Å². The Labute approximate surface area is 124 Å². The molecule has 0 N–H and O–H groups in total. The lowest BCUT2D eigenvalue weighted by Crippen LogP contribution is -2.23. The monoisotopic (exact) mass is 337 g/mol. The maximum atomic E-state index is 13.5. The SMILES string of the molecule is CN(Cc1ccco1)C(=O)/C=C/c1cc(Br)ccc1F. The first-order valence-corrected chi connectivity index (χ1v) is 6.76. The van der Waals surface area contributed by atoms with Crippen LogP contribution in [0.2, 0.25) is 0 Å². The third kappa shape index (κ3) is 3.81. The Morgan fingerprint density at radius 3 is 2.95 bits per heavy atom. The molecule has 1 aromatic heterocycles. The van der Waals surface area contributed by atoms with Crippen molar-refractivity contribution in [3.8, 4) is 0 Å². The molecular formula is C15H13BrFNO2. The molecule has 0 radical (unpaired) electrons. The molecule has 0 saturated heterocycles. The van der Waals surface area contributed by atoms with E-state index in [-0.39, 0.29) is 11.7 Å². The lowest BCUT2D eigenvalue weighted by molar-refractivity contribution is -0.125. The number of halogens is 2. The molecule has 0 atom stereocenters. The van der Waals surface area contributed by atoms with E-state index in [1.807, 2.05) is 0 Å². The molecule has 0 spiro atoms.